The first kappa shape index (κ1) is 17.4. The molecule has 3 rings (SSSR count). The molecule has 0 saturated heterocycles. The van der Waals surface area contributed by atoms with E-state index in [4.69, 9.17) is 0 Å². The summed E-state index contributed by atoms with van der Waals surface area (Å²) in [5.41, 5.74) is 2.35. The van der Waals surface area contributed by atoms with Crippen LogP contribution in [0.2, 0.25) is 0 Å². The molecule has 2 N–H and O–H groups in total. The number of fused-ring (bicyclic) bond motifs is 1. The van der Waals surface area contributed by atoms with Gasteiger partial charge in [-0.1, -0.05) is 13.8 Å². The smallest absolute Gasteiger partial charge is 0.278 e. The Morgan fingerprint density at radius 1 is 1.38 bits per heavy atom. The van der Waals surface area contributed by atoms with Gasteiger partial charge in [0.05, 0.1) is 24.6 Å². The highest BCUT2D eigenvalue weighted by Crippen LogP contribution is 2.25. The Kier molecular flexibility index (Phi) is 4.58. The van der Waals surface area contributed by atoms with Gasteiger partial charge in [-0.05, 0) is 5.92 Å². The maximum Gasteiger partial charge on any atom is 0.278 e. The number of H-pyrrole nitrogens is 1. The van der Waals surface area contributed by atoms with Gasteiger partial charge in [0, 0.05) is 30.8 Å². The van der Waals surface area contributed by atoms with E-state index in [9.17, 15) is 14.9 Å². The second-order valence-electron chi connectivity index (χ2n) is 6.28. The highest BCUT2D eigenvalue weighted by molar-refractivity contribution is 5.72. The Hall–Kier alpha value is -3.41. The molecule has 0 aliphatic carbocycles. The molecule has 0 spiro atoms. The molecule has 0 unspecified atom stereocenters. The van der Waals surface area contributed by atoms with Crippen LogP contribution in [0, 0.1) is 11.3 Å². The van der Waals surface area contributed by atoms with Crippen molar-refractivity contribution in [3.8, 4) is 17.3 Å². The molecule has 0 aromatic carbocycles. The number of carbonyl (C=O) groups is 1. The zero-order valence-electron chi connectivity index (χ0n) is 14.8. The molecule has 0 bridgehead atoms. The monoisotopic (exact) mass is 353 g/mol. The second kappa shape index (κ2) is 6.84. The molecule has 0 fully saturated rings. The van der Waals surface area contributed by atoms with Crippen molar-refractivity contribution in [1.29, 1.82) is 5.26 Å². The number of hydrogen-bond acceptors (Lipinski definition) is 5. The standard InChI is InChI=1S/C17H19N7O2/c1-10(2)14-15(13-8-20-23(9-13)5-4-19-11(3)25)22-16-12(6-18)7-21-24(16)17(14)26/h7-10,22H,4-5H2,1-3H3,(H,19,25). The maximum absolute atomic E-state index is 12.8. The van der Waals surface area contributed by atoms with Crippen molar-refractivity contribution in [2.45, 2.75) is 33.2 Å². The lowest BCUT2D eigenvalue weighted by molar-refractivity contribution is -0.118. The minimum Gasteiger partial charge on any atom is -0.354 e. The summed E-state index contributed by atoms with van der Waals surface area (Å²) >= 11 is 0. The summed E-state index contributed by atoms with van der Waals surface area (Å²) in [6.07, 6.45) is 4.83. The molecular formula is C17H19N7O2. The van der Waals surface area contributed by atoms with Crippen LogP contribution in [0.25, 0.3) is 16.9 Å². The van der Waals surface area contributed by atoms with Crippen molar-refractivity contribution >= 4 is 11.6 Å². The molecule has 3 aromatic heterocycles. The van der Waals surface area contributed by atoms with Crippen LogP contribution in [0.5, 0.6) is 0 Å². The number of nitrogens with one attached hydrogen (secondary N) is 2. The molecule has 0 aliphatic rings. The van der Waals surface area contributed by atoms with Crippen LogP contribution >= 0.6 is 0 Å². The van der Waals surface area contributed by atoms with Gasteiger partial charge in [-0.25, -0.2) is 0 Å². The quantitative estimate of drug-likeness (QED) is 0.709. The zero-order valence-corrected chi connectivity index (χ0v) is 14.8. The van der Waals surface area contributed by atoms with E-state index in [0.717, 1.165) is 5.56 Å². The summed E-state index contributed by atoms with van der Waals surface area (Å²) in [7, 11) is 0. The lowest BCUT2D eigenvalue weighted by Gasteiger charge is -2.11. The molecule has 9 nitrogen and oxygen atoms in total. The molecule has 0 atom stereocenters. The normalized spacial score (nSPS) is 11.0. The third-order valence-electron chi connectivity index (χ3n) is 4.04. The van der Waals surface area contributed by atoms with E-state index in [2.05, 4.69) is 20.5 Å². The summed E-state index contributed by atoms with van der Waals surface area (Å²) in [5.74, 6) is -0.144. The first-order valence-corrected chi connectivity index (χ1v) is 8.23. The van der Waals surface area contributed by atoms with Crippen molar-refractivity contribution in [3.05, 3.63) is 40.1 Å². The highest BCUT2D eigenvalue weighted by atomic mass is 16.1. The fourth-order valence-corrected chi connectivity index (χ4v) is 2.84. The van der Waals surface area contributed by atoms with Crippen LogP contribution in [0.3, 0.4) is 0 Å². The molecule has 26 heavy (non-hydrogen) atoms. The number of aromatic nitrogens is 5. The van der Waals surface area contributed by atoms with Crippen molar-refractivity contribution in [2.24, 2.45) is 0 Å². The fourth-order valence-electron chi connectivity index (χ4n) is 2.84. The highest BCUT2D eigenvalue weighted by Gasteiger charge is 2.20. The van der Waals surface area contributed by atoms with E-state index in [-0.39, 0.29) is 17.4 Å². The van der Waals surface area contributed by atoms with E-state index in [1.807, 2.05) is 19.9 Å². The predicted octanol–water partition coefficient (Wildman–Crippen LogP) is 1.02. The molecule has 1 amide bonds. The number of hydrogen-bond donors (Lipinski definition) is 2. The molecular weight excluding hydrogens is 334 g/mol. The summed E-state index contributed by atoms with van der Waals surface area (Å²) in [4.78, 5) is 27.0. The van der Waals surface area contributed by atoms with Crippen LogP contribution in [0.1, 0.15) is 37.8 Å². The Labute approximate surface area is 149 Å². The van der Waals surface area contributed by atoms with Gasteiger partial charge in [-0.2, -0.15) is 20.0 Å². The summed E-state index contributed by atoms with van der Waals surface area (Å²) in [5, 5.41) is 20.2. The van der Waals surface area contributed by atoms with Crippen LogP contribution < -0.4 is 10.9 Å². The minimum absolute atomic E-state index is 0.0457. The molecule has 9 heteroatoms. The van der Waals surface area contributed by atoms with Crippen molar-refractivity contribution in [3.63, 3.8) is 0 Å². The Bertz CT molecular complexity index is 1070. The average Bonchev–Trinajstić information content (AvgIpc) is 3.20. The topological polar surface area (TPSA) is 121 Å². The first-order chi connectivity index (χ1) is 12.4. The van der Waals surface area contributed by atoms with E-state index >= 15 is 0 Å². The number of aromatic amines is 1. The van der Waals surface area contributed by atoms with Crippen molar-refractivity contribution < 1.29 is 4.79 Å². The molecule has 0 radical (unpaired) electrons. The third kappa shape index (κ3) is 3.09. The molecule has 0 saturated carbocycles. The fraction of sp³-hybridized carbons (Fsp3) is 0.353. The molecule has 134 valence electrons. The Morgan fingerprint density at radius 3 is 2.81 bits per heavy atom. The van der Waals surface area contributed by atoms with Gasteiger partial charge < -0.3 is 10.3 Å². The largest absolute Gasteiger partial charge is 0.354 e. The Morgan fingerprint density at radius 2 is 2.15 bits per heavy atom. The summed E-state index contributed by atoms with van der Waals surface area (Å²) < 4.78 is 2.91. The lowest BCUT2D eigenvalue weighted by Crippen LogP contribution is -2.24. The minimum atomic E-state index is -0.253. The van der Waals surface area contributed by atoms with Crippen LogP contribution in [0.15, 0.2) is 23.4 Å². The van der Waals surface area contributed by atoms with E-state index in [1.165, 1.54) is 17.6 Å². The van der Waals surface area contributed by atoms with Crippen LogP contribution in [-0.4, -0.2) is 36.8 Å². The lowest BCUT2D eigenvalue weighted by atomic mass is 10.00. The van der Waals surface area contributed by atoms with E-state index in [0.29, 0.717) is 35.6 Å². The average molecular weight is 353 g/mol. The summed E-state index contributed by atoms with van der Waals surface area (Å²) in [6.45, 7) is 6.29. The van der Waals surface area contributed by atoms with Gasteiger partial charge in [0.2, 0.25) is 5.91 Å². The maximum atomic E-state index is 12.8. The van der Waals surface area contributed by atoms with Gasteiger partial charge in [0.25, 0.3) is 5.56 Å². The first-order valence-electron chi connectivity index (χ1n) is 8.23. The number of rotatable bonds is 5. The zero-order chi connectivity index (χ0) is 18.8. The van der Waals surface area contributed by atoms with E-state index in [1.54, 1.807) is 17.1 Å². The van der Waals surface area contributed by atoms with Gasteiger partial charge in [-0.3, -0.25) is 14.3 Å². The van der Waals surface area contributed by atoms with Crippen molar-refractivity contribution in [1.82, 2.24) is 29.7 Å². The Balaban J connectivity index is 2.08. The van der Waals surface area contributed by atoms with Gasteiger partial charge >= 0.3 is 0 Å². The van der Waals surface area contributed by atoms with Crippen molar-refractivity contribution in [2.75, 3.05) is 6.54 Å². The number of carbonyl (C=O) groups excluding carboxylic acids is 1. The van der Waals surface area contributed by atoms with Gasteiger partial charge in [-0.15, -0.1) is 0 Å². The second-order valence-corrected chi connectivity index (χ2v) is 6.28. The molecule has 0 aliphatic heterocycles. The molecule has 3 heterocycles. The number of nitrogens with zero attached hydrogens (tertiary/aromatic N) is 5. The van der Waals surface area contributed by atoms with Crippen LogP contribution in [-0.2, 0) is 11.3 Å². The summed E-state index contributed by atoms with van der Waals surface area (Å²) in [6, 6.07) is 2.03. The SMILES string of the molecule is CC(=O)NCCn1cc(-c2[nH]c3c(C#N)cnn3c(=O)c2C(C)C)cn1. The van der Waals surface area contributed by atoms with E-state index < -0.39 is 0 Å². The van der Waals surface area contributed by atoms with Crippen LogP contribution in [0.4, 0.5) is 0 Å². The van der Waals surface area contributed by atoms with Gasteiger partial charge in [0.15, 0.2) is 5.65 Å². The number of nitriles is 1. The number of amides is 1. The predicted molar refractivity (Wildman–Crippen MR) is 94.5 cm³/mol. The molecule has 3 aromatic rings. The van der Waals surface area contributed by atoms with Gasteiger partial charge in [0.1, 0.15) is 11.6 Å². The third-order valence-corrected chi connectivity index (χ3v) is 4.04.